The lowest BCUT2D eigenvalue weighted by atomic mass is 10.1. The normalized spacial score (nSPS) is 12.1. The zero-order valence-corrected chi connectivity index (χ0v) is 10.4. The minimum atomic E-state index is -0.461. The molecule has 0 heterocycles. The molecule has 92 valence electrons. The fourth-order valence-corrected chi connectivity index (χ4v) is 2.54. The largest absolute Gasteiger partial charge is 0.368 e. The second-order valence-electron chi connectivity index (χ2n) is 3.76. The number of hydrogen-bond acceptors (Lipinski definition) is 2. The first-order valence-corrected chi connectivity index (χ1v) is 6.31. The number of benzene rings is 2. The third kappa shape index (κ3) is 3.11. The Morgan fingerprint density at radius 1 is 1.06 bits per heavy atom. The van der Waals surface area contributed by atoms with Crippen LogP contribution in [0.25, 0.3) is 0 Å². The highest BCUT2D eigenvalue weighted by Gasteiger charge is 2.18. The van der Waals surface area contributed by atoms with E-state index in [-0.39, 0.29) is 5.82 Å². The van der Waals surface area contributed by atoms with Crippen LogP contribution in [0.5, 0.6) is 0 Å². The van der Waals surface area contributed by atoms with E-state index in [2.05, 4.69) is 0 Å². The molecule has 1 unspecified atom stereocenters. The molecule has 0 aromatic heterocycles. The van der Waals surface area contributed by atoms with Crippen LogP contribution >= 0.6 is 11.8 Å². The van der Waals surface area contributed by atoms with Crippen LogP contribution in [0.2, 0.25) is 0 Å². The lowest BCUT2D eigenvalue weighted by Gasteiger charge is -2.13. The van der Waals surface area contributed by atoms with Crippen molar-refractivity contribution in [2.75, 3.05) is 0 Å². The van der Waals surface area contributed by atoms with E-state index in [4.69, 9.17) is 5.73 Å². The molecule has 1 amide bonds. The highest BCUT2D eigenvalue weighted by Crippen LogP contribution is 2.34. The van der Waals surface area contributed by atoms with Gasteiger partial charge in [0.1, 0.15) is 11.1 Å². The van der Waals surface area contributed by atoms with Gasteiger partial charge in [0.25, 0.3) is 0 Å². The Kier molecular flexibility index (Phi) is 3.99. The van der Waals surface area contributed by atoms with Gasteiger partial charge in [0, 0.05) is 4.90 Å². The van der Waals surface area contributed by atoms with E-state index >= 15 is 0 Å². The number of carbonyl (C=O) groups is 1. The molecule has 18 heavy (non-hydrogen) atoms. The van der Waals surface area contributed by atoms with Gasteiger partial charge in [0.2, 0.25) is 5.91 Å². The van der Waals surface area contributed by atoms with Crippen molar-refractivity contribution < 1.29 is 9.18 Å². The summed E-state index contributed by atoms with van der Waals surface area (Å²) in [4.78, 5) is 12.3. The third-order valence-electron chi connectivity index (χ3n) is 2.43. The van der Waals surface area contributed by atoms with E-state index in [1.165, 1.54) is 23.9 Å². The summed E-state index contributed by atoms with van der Waals surface area (Å²) in [6.45, 7) is 0. The molecule has 0 saturated heterocycles. The quantitative estimate of drug-likeness (QED) is 0.859. The van der Waals surface area contributed by atoms with E-state index in [0.29, 0.717) is 0 Å². The third-order valence-corrected chi connectivity index (χ3v) is 3.71. The number of thioether (sulfide) groups is 1. The summed E-state index contributed by atoms with van der Waals surface area (Å²) in [6, 6.07) is 15.3. The van der Waals surface area contributed by atoms with E-state index in [1.807, 2.05) is 30.3 Å². The SMILES string of the molecule is NC(=O)C(Sc1ccc(F)cc1)c1ccccc1. The molecule has 0 radical (unpaired) electrons. The van der Waals surface area contributed by atoms with E-state index < -0.39 is 11.2 Å². The van der Waals surface area contributed by atoms with Gasteiger partial charge in [-0.1, -0.05) is 30.3 Å². The average Bonchev–Trinajstić information content (AvgIpc) is 2.38. The molecule has 0 bridgehead atoms. The lowest BCUT2D eigenvalue weighted by molar-refractivity contribution is -0.117. The van der Waals surface area contributed by atoms with Crippen molar-refractivity contribution >= 4 is 17.7 Å². The van der Waals surface area contributed by atoms with Crippen molar-refractivity contribution in [3.05, 3.63) is 66.0 Å². The topological polar surface area (TPSA) is 43.1 Å². The molecule has 0 aliphatic heterocycles. The van der Waals surface area contributed by atoms with Gasteiger partial charge in [-0.05, 0) is 29.8 Å². The van der Waals surface area contributed by atoms with E-state index in [9.17, 15) is 9.18 Å². The number of amides is 1. The number of halogens is 1. The molecule has 0 aliphatic carbocycles. The number of hydrogen-bond donors (Lipinski definition) is 1. The smallest absolute Gasteiger partial charge is 0.235 e. The Morgan fingerprint density at radius 2 is 1.67 bits per heavy atom. The molecule has 2 nitrogen and oxygen atoms in total. The predicted octanol–water partition coefficient (Wildman–Crippen LogP) is 3.14. The van der Waals surface area contributed by atoms with Crippen LogP contribution in [0.4, 0.5) is 4.39 Å². The number of carbonyl (C=O) groups excluding carboxylic acids is 1. The lowest BCUT2D eigenvalue weighted by Crippen LogP contribution is -2.18. The van der Waals surface area contributed by atoms with E-state index in [0.717, 1.165) is 10.5 Å². The summed E-state index contributed by atoms with van der Waals surface area (Å²) in [7, 11) is 0. The van der Waals surface area contributed by atoms with Crippen LogP contribution in [0.1, 0.15) is 10.8 Å². The van der Waals surface area contributed by atoms with Gasteiger partial charge < -0.3 is 5.73 Å². The molecule has 2 N–H and O–H groups in total. The van der Waals surface area contributed by atoms with Gasteiger partial charge in [-0.15, -0.1) is 11.8 Å². The number of primary amides is 1. The van der Waals surface area contributed by atoms with Crippen molar-refractivity contribution in [2.24, 2.45) is 5.73 Å². The Bertz CT molecular complexity index is 527. The van der Waals surface area contributed by atoms with Gasteiger partial charge in [-0.25, -0.2) is 4.39 Å². The van der Waals surface area contributed by atoms with Crippen molar-refractivity contribution in [1.29, 1.82) is 0 Å². The first-order chi connectivity index (χ1) is 8.66. The first kappa shape index (κ1) is 12.6. The monoisotopic (exact) mass is 261 g/mol. The Balaban J connectivity index is 2.22. The van der Waals surface area contributed by atoms with Crippen molar-refractivity contribution in [3.63, 3.8) is 0 Å². The molecule has 0 fully saturated rings. The molecular weight excluding hydrogens is 249 g/mol. The molecule has 0 saturated carbocycles. The zero-order valence-electron chi connectivity index (χ0n) is 9.55. The standard InChI is InChI=1S/C14H12FNOS/c15-11-6-8-12(9-7-11)18-13(14(16)17)10-4-2-1-3-5-10/h1-9,13H,(H2,16,17). The van der Waals surface area contributed by atoms with Crippen LogP contribution in [0, 0.1) is 5.82 Å². The van der Waals surface area contributed by atoms with Crippen molar-refractivity contribution in [3.8, 4) is 0 Å². The van der Waals surface area contributed by atoms with Crippen LogP contribution in [0.15, 0.2) is 59.5 Å². The summed E-state index contributed by atoms with van der Waals surface area (Å²) in [5.41, 5.74) is 6.26. The maximum atomic E-state index is 12.8. The predicted molar refractivity (Wildman–Crippen MR) is 70.6 cm³/mol. The first-order valence-electron chi connectivity index (χ1n) is 5.43. The van der Waals surface area contributed by atoms with E-state index in [1.54, 1.807) is 12.1 Å². The van der Waals surface area contributed by atoms with Crippen LogP contribution in [0.3, 0.4) is 0 Å². The molecular formula is C14H12FNOS. The molecule has 1 atom stereocenters. The maximum absolute atomic E-state index is 12.8. The number of nitrogens with two attached hydrogens (primary N) is 1. The Hall–Kier alpha value is -1.81. The second-order valence-corrected chi connectivity index (χ2v) is 4.94. The summed E-state index contributed by atoms with van der Waals surface area (Å²) in [5.74, 6) is -0.704. The van der Waals surface area contributed by atoms with Gasteiger partial charge in [-0.2, -0.15) is 0 Å². The molecule has 2 rings (SSSR count). The fraction of sp³-hybridized carbons (Fsp3) is 0.0714. The van der Waals surface area contributed by atoms with Crippen molar-refractivity contribution in [2.45, 2.75) is 10.1 Å². The molecule has 2 aromatic rings. The molecule has 4 heteroatoms. The van der Waals surface area contributed by atoms with Gasteiger partial charge in [-0.3, -0.25) is 4.79 Å². The van der Waals surface area contributed by atoms with Gasteiger partial charge in [0.15, 0.2) is 0 Å². The van der Waals surface area contributed by atoms with Crippen LogP contribution in [-0.2, 0) is 4.79 Å². The minimum absolute atomic E-state index is 0.297. The van der Waals surface area contributed by atoms with Crippen molar-refractivity contribution in [1.82, 2.24) is 0 Å². The second kappa shape index (κ2) is 5.69. The number of rotatable bonds is 4. The highest BCUT2D eigenvalue weighted by molar-refractivity contribution is 8.00. The van der Waals surface area contributed by atoms with Gasteiger partial charge >= 0.3 is 0 Å². The Morgan fingerprint density at radius 3 is 2.22 bits per heavy atom. The average molecular weight is 261 g/mol. The summed E-state index contributed by atoms with van der Waals surface area (Å²) >= 11 is 1.32. The summed E-state index contributed by atoms with van der Waals surface area (Å²) in [5, 5.41) is -0.461. The highest BCUT2D eigenvalue weighted by atomic mass is 32.2. The zero-order chi connectivity index (χ0) is 13.0. The van der Waals surface area contributed by atoms with Crippen LogP contribution < -0.4 is 5.73 Å². The molecule has 0 aliphatic rings. The summed E-state index contributed by atoms with van der Waals surface area (Å²) < 4.78 is 12.8. The van der Waals surface area contributed by atoms with Crippen LogP contribution in [-0.4, -0.2) is 5.91 Å². The molecule has 0 spiro atoms. The maximum Gasteiger partial charge on any atom is 0.235 e. The Labute approximate surface area is 109 Å². The fourth-order valence-electron chi connectivity index (χ4n) is 1.57. The minimum Gasteiger partial charge on any atom is -0.368 e. The molecule has 2 aromatic carbocycles. The summed E-state index contributed by atoms with van der Waals surface area (Å²) in [6.07, 6.45) is 0. The van der Waals surface area contributed by atoms with Gasteiger partial charge in [0.05, 0.1) is 0 Å².